The number of aromatic nitrogens is 6. The Morgan fingerprint density at radius 2 is 1.78 bits per heavy atom. The molecule has 4 aromatic heterocycles. The maximum atomic E-state index is 14.3. The van der Waals surface area contributed by atoms with Crippen LogP contribution in [0.1, 0.15) is 61.1 Å². The fourth-order valence-electron chi connectivity index (χ4n) is 8.25. The van der Waals surface area contributed by atoms with E-state index in [1.54, 1.807) is 34.7 Å². The molecule has 15 nitrogen and oxygen atoms in total. The molecule has 0 unspecified atom stereocenters. The third kappa shape index (κ3) is 5.77. The second kappa shape index (κ2) is 12.9. The molecule has 4 aromatic rings. The Morgan fingerprint density at radius 1 is 1.04 bits per heavy atom. The summed E-state index contributed by atoms with van der Waals surface area (Å²) in [6, 6.07) is 3.52. The van der Waals surface area contributed by atoms with Crippen LogP contribution in [0.25, 0.3) is 16.9 Å². The van der Waals surface area contributed by atoms with E-state index in [1.807, 2.05) is 11.8 Å². The van der Waals surface area contributed by atoms with E-state index in [0.29, 0.717) is 59.1 Å². The number of rotatable bonds is 9. The molecule has 2 aliphatic carbocycles. The zero-order chi connectivity index (χ0) is 35.3. The number of amides is 2. The number of aromatic amines is 1. The number of nitrogens with one attached hydrogen (secondary N) is 2. The van der Waals surface area contributed by atoms with Crippen LogP contribution in [0, 0.1) is 18.3 Å². The van der Waals surface area contributed by atoms with E-state index in [9.17, 15) is 19.2 Å². The van der Waals surface area contributed by atoms with E-state index in [-0.39, 0.29) is 59.4 Å². The van der Waals surface area contributed by atoms with Gasteiger partial charge < -0.3 is 34.1 Å². The quantitative estimate of drug-likeness (QED) is 0.266. The third-order valence-corrected chi connectivity index (χ3v) is 10.5. The van der Waals surface area contributed by atoms with Crippen molar-refractivity contribution in [3.63, 3.8) is 0 Å². The average Bonchev–Trinajstić information content (AvgIpc) is 3.55. The van der Waals surface area contributed by atoms with Crippen LogP contribution in [0.4, 0.5) is 5.69 Å². The fraction of sp³-hybridized carbons (Fsp3) is 0.514. The minimum atomic E-state index is -0.434. The number of aryl methyl sites for hydroxylation is 1. The van der Waals surface area contributed by atoms with Crippen LogP contribution in [0.3, 0.4) is 0 Å². The van der Waals surface area contributed by atoms with E-state index in [2.05, 4.69) is 27.3 Å². The summed E-state index contributed by atoms with van der Waals surface area (Å²) >= 11 is 0. The molecular formula is C35H43N9O6. The Balaban J connectivity index is 1.21. The van der Waals surface area contributed by atoms with E-state index in [4.69, 9.17) is 14.6 Å². The van der Waals surface area contributed by atoms with Gasteiger partial charge in [-0.05, 0) is 56.4 Å². The highest BCUT2D eigenvalue weighted by Gasteiger charge is 2.51. The fourth-order valence-corrected chi connectivity index (χ4v) is 8.25. The van der Waals surface area contributed by atoms with Crippen LogP contribution < -0.4 is 30.5 Å². The summed E-state index contributed by atoms with van der Waals surface area (Å²) in [4.78, 5) is 66.4. The first-order valence-electron chi connectivity index (χ1n) is 17.2. The molecule has 264 valence electrons. The number of ether oxygens (including phenoxy) is 2. The van der Waals surface area contributed by atoms with Gasteiger partial charge in [-0.2, -0.15) is 0 Å². The van der Waals surface area contributed by atoms with E-state index in [1.165, 1.54) is 38.1 Å². The van der Waals surface area contributed by atoms with Crippen LogP contribution in [-0.2, 0) is 17.8 Å². The number of piperazine rings is 1. The molecule has 0 atom stereocenters. The number of pyridine rings is 3. The molecule has 7 rings (SSSR count). The van der Waals surface area contributed by atoms with Gasteiger partial charge in [-0.15, -0.1) is 15.0 Å². The van der Waals surface area contributed by atoms with E-state index in [0.717, 1.165) is 18.8 Å². The van der Waals surface area contributed by atoms with Crippen LogP contribution in [0.15, 0.2) is 34.1 Å². The molecule has 5 heterocycles. The maximum absolute atomic E-state index is 14.3. The highest BCUT2D eigenvalue weighted by atomic mass is 16.5. The van der Waals surface area contributed by atoms with Gasteiger partial charge in [0.2, 0.25) is 28.5 Å². The lowest BCUT2D eigenvalue weighted by atomic mass is 9.50. The van der Waals surface area contributed by atoms with Crippen LogP contribution in [-0.4, -0.2) is 92.7 Å². The van der Waals surface area contributed by atoms with Crippen molar-refractivity contribution in [3.05, 3.63) is 61.8 Å². The Hall–Kier alpha value is -5.21. The van der Waals surface area contributed by atoms with E-state index < -0.39 is 5.91 Å². The zero-order valence-electron chi connectivity index (χ0n) is 29.1. The second-order valence-electron chi connectivity index (χ2n) is 14.0. The van der Waals surface area contributed by atoms with Crippen LogP contribution in [0.2, 0.25) is 0 Å². The van der Waals surface area contributed by atoms with Crippen molar-refractivity contribution >= 4 is 28.7 Å². The SMILES string of the molecule is CCc1c(N2CCN(C(=O)c3c(OC)[nH]cc(C)c3=O)CC2)c(=O)c2nn(-c3ccnc(OC)c3)nc2n1CC(=O)NC1CC2(CC(C)C2)C1. The highest BCUT2D eigenvalue weighted by Crippen LogP contribution is 2.58. The molecule has 2 amide bonds. The summed E-state index contributed by atoms with van der Waals surface area (Å²) in [5, 5.41) is 12.6. The van der Waals surface area contributed by atoms with Crippen LogP contribution >= 0.6 is 0 Å². The van der Waals surface area contributed by atoms with Crippen molar-refractivity contribution in [1.29, 1.82) is 0 Å². The van der Waals surface area contributed by atoms with Gasteiger partial charge in [0.15, 0.2) is 11.2 Å². The molecule has 0 radical (unpaired) electrons. The van der Waals surface area contributed by atoms with Crippen molar-refractivity contribution in [2.24, 2.45) is 11.3 Å². The smallest absolute Gasteiger partial charge is 0.263 e. The highest BCUT2D eigenvalue weighted by molar-refractivity contribution is 5.96. The average molecular weight is 686 g/mol. The molecule has 1 saturated heterocycles. The molecule has 0 aromatic carbocycles. The number of hydrogen-bond donors (Lipinski definition) is 2. The molecule has 1 spiro atoms. The predicted octanol–water partition coefficient (Wildman–Crippen LogP) is 2.21. The largest absolute Gasteiger partial charge is 0.482 e. The van der Waals surface area contributed by atoms with E-state index >= 15 is 0 Å². The second-order valence-corrected chi connectivity index (χ2v) is 14.0. The normalized spacial score (nSPS) is 21.5. The number of methoxy groups -OCH3 is 2. The molecule has 2 saturated carbocycles. The summed E-state index contributed by atoms with van der Waals surface area (Å²) < 4.78 is 12.4. The molecule has 3 aliphatic rings. The Bertz CT molecular complexity index is 2080. The summed E-state index contributed by atoms with van der Waals surface area (Å²) in [5.74, 6) is 0.655. The first-order valence-corrected chi connectivity index (χ1v) is 17.2. The van der Waals surface area contributed by atoms with Gasteiger partial charge in [-0.3, -0.25) is 19.2 Å². The first-order chi connectivity index (χ1) is 24.0. The van der Waals surface area contributed by atoms with Crippen LogP contribution in [0.5, 0.6) is 11.8 Å². The minimum Gasteiger partial charge on any atom is -0.482 e. The molecule has 2 N–H and O–H groups in total. The first kappa shape index (κ1) is 33.3. The minimum absolute atomic E-state index is 0.0282. The Kier molecular flexibility index (Phi) is 8.60. The van der Waals surface area contributed by atoms with Gasteiger partial charge in [0.05, 0.1) is 19.9 Å². The Labute approximate surface area is 288 Å². The van der Waals surface area contributed by atoms with Crippen molar-refractivity contribution < 1.29 is 19.1 Å². The summed E-state index contributed by atoms with van der Waals surface area (Å²) in [6.45, 7) is 7.02. The van der Waals surface area contributed by atoms with Crippen molar-refractivity contribution in [1.82, 2.24) is 39.7 Å². The van der Waals surface area contributed by atoms with Gasteiger partial charge in [0, 0.05) is 61.9 Å². The molecule has 1 aliphatic heterocycles. The summed E-state index contributed by atoms with van der Waals surface area (Å²) in [6.07, 6.45) is 7.97. The lowest BCUT2D eigenvalue weighted by Gasteiger charge is -2.57. The Morgan fingerprint density at radius 3 is 2.44 bits per heavy atom. The van der Waals surface area contributed by atoms with Crippen molar-refractivity contribution in [2.45, 2.75) is 65.5 Å². The lowest BCUT2D eigenvalue weighted by molar-refractivity contribution is -0.126. The number of carbonyl (C=O) groups excluding carboxylic acids is 2. The standard InChI is InChI=1S/C35H43N9O6/c1-6-24-29(41-9-11-42(12-10-41)34(48)27-30(46)21(3)18-37-33(27)50-5)31(47)28-32(40-44(39-28)23-7-8-36-26(13-23)49-4)43(24)19-25(45)38-22-16-35(17-22)14-20(2)15-35/h7-8,13,18,20,22H,6,9-12,14-17,19H2,1-5H3,(H,37,46)(H,38,45). The van der Waals surface area contributed by atoms with Gasteiger partial charge in [-0.1, -0.05) is 13.8 Å². The topological polar surface area (TPSA) is 170 Å². The number of hydrogen-bond acceptors (Lipinski definition) is 10. The third-order valence-electron chi connectivity index (χ3n) is 10.5. The maximum Gasteiger partial charge on any atom is 0.263 e. The zero-order valence-corrected chi connectivity index (χ0v) is 29.1. The number of anilines is 1. The van der Waals surface area contributed by atoms with Gasteiger partial charge >= 0.3 is 0 Å². The number of fused-ring (bicyclic) bond motifs is 1. The van der Waals surface area contributed by atoms with Gasteiger partial charge in [0.25, 0.3) is 5.91 Å². The van der Waals surface area contributed by atoms with Crippen molar-refractivity contribution in [2.75, 3.05) is 45.3 Å². The van der Waals surface area contributed by atoms with Crippen molar-refractivity contribution in [3.8, 4) is 17.4 Å². The number of carbonyl (C=O) groups is 2. The molecule has 3 fully saturated rings. The molecule has 0 bridgehead atoms. The predicted molar refractivity (Wildman–Crippen MR) is 185 cm³/mol. The summed E-state index contributed by atoms with van der Waals surface area (Å²) in [7, 11) is 2.92. The molecule has 15 heteroatoms. The summed E-state index contributed by atoms with van der Waals surface area (Å²) in [5.41, 5.74) is 2.12. The lowest BCUT2D eigenvalue weighted by Crippen LogP contribution is -2.56. The number of H-pyrrole nitrogens is 1. The molecular weight excluding hydrogens is 642 g/mol. The van der Waals surface area contributed by atoms with Gasteiger partial charge in [0.1, 0.15) is 17.8 Å². The number of nitrogens with zero attached hydrogens (tertiary/aromatic N) is 7. The van der Waals surface area contributed by atoms with Gasteiger partial charge in [-0.25, -0.2) is 4.98 Å². The monoisotopic (exact) mass is 685 g/mol. The molecule has 50 heavy (non-hydrogen) atoms.